The van der Waals surface area contributed by atoms with Gasteiger partial charge in [0, 0.05) is 43.6 Å². The van der Waals surface area contributed by atoms with Gasteiger partial charge < -0.3 is 15.0 Å². The molecule has 3 aliphatic heterocycles. The zero-order valence-corrected chi connectivity index (χ0v) is 18.0. The Kier molecular flexibility index (Phi) is 7.23. The van der Waals surface area contributed by atoms with Gasteiger partial charge in [-0.2, -0.15) is 0 Å². The molecule has 0 spiro atoms. The maximum Gasteiger partial charge on any atom is 0.194 e. The van der Waals surface area contributed by atoms with Crippen molar-refractivity contribution >= 4 is 17.3 Å². The molecule has 3 fully saturated rings. The molecule has 0 radical (unpaired) electrons. The predicted octanol–water partition coefficient (Wildman–Crippen LogP) is 2.26. The van der Waals surface area contributed by atoms with Gasteiger partial charge in [-0.3, -0.25) is 14.8 Å². The van der Waals surface area contributed by atoms with Crippen LogP contribution in [-0.2, 0) is 4.74 Å². The molecule has 28 heavy (non-hydrogen) atoms. The standard InChI is InChI=1S/C21H35N5OS/c1-2-22-21(26-10-7-18(17-26)24-11-13-27-14-12-24)23-16-19(20-6-5-15-28-20)25-8-3-4-9-25/h5-6,15,18-19H,2-4,7-14,16-17H2,1H3,(H,22,23). The molecule has 4 heterocycles. The van der Waals surface area contributed by atoms with Crippen molar-refractivity contribution in [2.24, 2.45) is 4.99 Å². The third-order valence-electron chi connectivity index (χ3n) is 6.23. The van der Waals surface area contributed by atoms with Gasteiger partial charge in [-0.05, 0) is 50.7 Å². The molecule has 0 aromatic carbocycles. The van der Waals surface area contributed by atoms with E-state index in [-0.39, 0.29) is 0 Å². The molecule has 1 aromatic heterocycles. The molecule has 2 unspecified atom stereocenters. The van der Waals surface area contributed by atoms with Crippen LogP contribution in [0.4, 0.5) is 0 Å². The van der Waals surface area contributed by atoms with E-state index in [0.29, 0.717) is 12.1 Å². The maximum atomic E-state index is 5.53. The van der Waals surface area contributed by atoms with E-state index >= 15 is 0 Å². The highest BCUT2D eigenvalue weighted by Gasteiger charge is 2.31. The number of guanidine groups is 1. The molecule has 2 atom stereocenters. The molecule has 0 amide bonds. The molecule has 3 aliphatic rings. The largest absolute Gasteiger partial charge is 0.379 e. The van der Waals surface area contributed by atoms with Crippen LogP contribution in [0.5, 0.6) is 0 Å². The second kappa shape index (κ2) is 10.1. The molecule has 0 bridgehead atoms. The molecule has 0 aliphatic carbocycles. The third-order valence-corrected chi connectivity index (χ3v) is 7.20. The van der Waals surface area contributed by atoms with Crippen LogP contribution >= 0.6 is 11.3 Å². The highest BCUT2D eigenvalue weighted by molar-refractivity contribution is 7.10. The van der Waals surface area contributed by atoms with Gasteiger partial charge >= 0.3 is 0 Å². The van der Waals surface area contributed by atoms with Crippen molar-refractivity contribution < 1.29 is 4.74 Å². The van der Waals surface area contributed by atoms with Crippen molar-refractivity contribution in [3.63, 3.8) is 0 Å². The van der Waals surface area contributed by atoms with Crippen LogP contribution < -0.4 is 5.32 Å². The average Bonchev–Trinajstić information content (AvgIpc) is 3.51. The third kappa shape index (κ3) is 4.87. The lowest BCUT2D eigenvalue weighted by Gasteiger charge is -2.32. The lowest BCUT2D eigenvalue weighted by atomic mass is 10.2. The van der Waals surface area contributed by atoms with Gasteiger partial charge in [-0.25, -0.2) is 0 Å². The Hall–Kier alpha value is -1.15. The number of likely N-dealkylation sites (tertiary alicyclic amines) is 2. The highest BCUT2D eigenvalue weighted by atomic mass is 32.1. The van der Waals surface area contributed by atoms with E-state index in [1.807, 2.05) is 11.3 Å². The van der Waals surface area contributed by atoms with Gasteiger partial charge in [0.15, 0.2) is 5.96 Å². The van der Waals surface area contributed by atoms with E-state index in [1.54, 1.807) is 0 Å². The van der Waals surface area contributed by atoms with E-state index in [1.165, 1.54) is 37.2 Å². The normalized spacial score (nSPS) is 26.1. The summed E-state index contributed by atoms with van der Waals surface area (Å²) in [6, 6.07) is 5.51. The van der Waals surface area contributed by atoms with Crippen molar-refractivity contribution in [1.82, 2.24) is 20.0 Å². The van der Waals surface area contributed by atoms with E-state index in [0.717, 1.165) is 58.4 Å². The summed E-state index contributed by atoms with van der Waals surface area (Å²) in [7, 11) is 0. The molecule has 7 heteroatoms. The summed E-state index contributed by atoms with van der Waals surface area (Å²) in [4.78, 5) is 14.3. The summed E-state index contributed by atoms with van der Waals surface area (Å²) in [6.07, 6.45) is 3.86. The fourth-order valence-corrected chi connectivity index (χ4v) is 5.55. The van der Waals surface area contributed by atoms with Crippen LogP contribution in [-0.4, -0.2) is 92.3 Å². The lowest BCUT2D eigenvalue weighted by Crippen LogP contribution is -2.46. The first-order chi connectivity index (χ1) is 13.8. The van der Waals surface area contributed by atoms with Crippen LogP contribution in [0, 0.1) is 0 Å². The zero-order valence-electron chi connectivity index (χ0n) is 17.2. The van der Waals surface area contributed by atoms with Crippen molar-refractivity contribution in [3.8, 4) is 0 Å². The van der Waals surface area contributed by atoms with E-state index in [2.05, 4.69) is 44.5 Å². The minimum atomic E-state index is 0.425. The Balaban J connectivity index is 1.42. The second-order valence-corrected chi connectivity index (χ2v) is 8.99. The topological polar surface area (TPSA) is 43.3 Å². The minimum Gasteiger partial charge on any atom is -0.379 e. The van der Waals surface area contributed by atoms with Gasteiger partial charge in [0.05, 0.1) is 25.8 Å². The molecular formula is C21H35N5OS. The van der Waals surface area contributed by atoms with Gasteiger partial charge in [-0.1, -0.05) is 6.07 Å². The smallest absolute Gasteiger partial charge is 0.194 e. The predicted molar refractivity (Wildman–Crippen MR) is 116 cm³/mol. The summed E-state index contributed by atoms with van der Waals surface area (Å²) in [6.45, 7) is 12.4. The van der Waals surface area contributed by atoms with Crippen LogP contribution in [0.2, 0.25) is 0 Å². The first-order valence-electron chi connectivity index (χ1n) is 11.0. The van der Waals surface area contributed by atoms with Crippen molar-refractivity contribution in [2.75, 3.05) is 65.6 Å². The van der Waals surface area contributed by atoms with Crippen LogP contribution in [0.1, 0.15) is 37.1 Å². The minimum absolute atomic E-state index is 0.425. The Morgan fingerprint density at radius 2 is 2.07 bits per heavy atom. The molecule has 4 rings (SSSR count). The number of thiophene rings is 1. The number of nitrogens with zero attached hydrogens (tertiary/aromatic N) is 4. The van der Waals surface area contributed by atoms with Gasteiger partial charge in [-0.15, -0.1) is 11.3 Å². The Morgan fingerprint density at radius 1 is 1.25 bits per heavy atom. The van der Waals surface area contributed by atoms with Crippen molar-refractivity contribution in [2.45, 2.75) is 38.3 Å². The van der Waals surface area contributed by atoms with Crippen LogP contribution in [0.3, 0.4) is 0 Å². The van der Waals surface area contributed by atoms with Gasteiger partial charge in [0.25, 0.3) is 0 Å². The molecular weight excluding hydrogens is 370 g/mol. The van der Waals surface area contributed by atoms with Crippen LogP contribution in [0.15, 0.2) is 22.5 Å². The summed E-state index contributed by atoms with van der Waals surface area (Å²) in [5, 5.41) is 5.75. The maximum absolute atomic E-state index is 5.53. The molecule has 3 saturated heterocycles. The van der Waals surface area contributed by atoms with Gasteiger partial charge in [0.2, 0.25) is 0 Å². The monoisotopic (exact) mass is 405 g/mol. The summed E-state index contributed by atoms with van der Waals surface area (Å²) < 4.78 is 5.53. The zero-order chi connectivity index (χ0) is 19.2. The number of ether oxygens (including phenoxy) is 1. The van der Waals surface area contributed by atoms with Crippen molar-refractivity contribution in [3.05, 3.63) is 22.4 Å². The highest BCUT2D eigenvalue weighted by Crippen LogP contribution is 2.29. The Morgan fingerprint density at radius 3 is 2.79 bits per heavy atom. The summed E-state index contributed by atoms with van der Waals surface area (Å²) in [5.41, 5.74) is 0. The summed E-state index contributed by atoms with van der Waals surface area (Å²) >= 11 is 1.87. The summed E-state index contributed by atoms with van der Waals surface area (Å²) in [5.74, 6) is 1.10. The van der Waals surface area contributed by atoms with E-state index in [4.69, 9.17) is 9.73 Å². The van der Waals surface area contributed by atoms with E-state index < -0.39 is 0 Å². The number of rotatable bonds is 6. The van der Waals surface area contributed by atoms with Crippen molar-refractivity contribution in [1.29, 1.82) is 0 Å². The molecule has 6 nitrogen and oxygen atoms in total. The first kappa shape index (κ1) is 20.1. The molecule has 156 valence electrons. The molecule has 1 N–H and O–H groups in total. The number of aliphatic imine (C=N–C) groups is 1. The number of hydrogen-bond acceptors (Lipinski definition) is 5. The quantitative estimate of drug-likeness (QED) is 0.581. The molecule has 0 saturated carbocycles. The number of hydrogen-bond donors (Lipinski definition) is 1. The van der Waals surface area contributed by atoms with E-state index in [9.17, 15) is 0 Å². The fraction of sp³-hybridized carbons (Fsp3) is 0.762. The Labute approximate surface area is 173 Å². The average molecular weight is 406 g/mol. The van der Waals surface area contributed by atoms with Gasteiger partial charge in [0.1, 0.15) is 0 Å². The molecule has 1 aromatic rings. The first-order valence-corrected chi connectivity index (χ1v) is 11.9. The number of nitrogens with one attached hydrogen (secondary N) is 1. The SMILES string of the molecule is CCNC(=NCC(c1cccs1)N1CCCC1)N1CCC(N2CCOCC2)C1. The Bertz CT molecular complexity index is 610. The van der Waals surface area contributed by atoms with Crippen LogP contribution in [0.25, 0.3) is 0 Å². The fourth-order valence-electron chi connectivity index (χ4n) is 4.69. The number of morpholine rings is 1. The second-order valence-electron chi connectivity index (χ2n) is 8.01. The lowest BCUT2D eigenvalue weighted by molar-refractivity contribution is 0.0195.